The number of nitro groups is 2. The number of nitrogens with zero attached hydrogens (tertiary/aromatic N) is 3. The number of benzene rings is 2. The van der Waals surface area contributed by atoms with Gasteiger partial charge in [0, 0.05) is 18.2 Å². The number of non-ortho nitro benzene ring substituents is 1. The Morgan fingerprint density at radius 2 is 1.57 bits per heavy atom. The van der Waals surface area contributed by atoms with Crippen molar-refractivity contribution < 1.29 is 19.4 Å². The van der Waals surface area contributed by atoms with Crippen molar-refractivity contribution in [2.24, 2.45) is 0 Å². The molecule has 3 rings (SSSR count). The molecule has 1 aliphatic heterocycles. The molecule has 2 aromatic carbocycles. The van der Waals surface area contributed by atoms with Crippen LogP contribution in [0.1, 0.15) is 20.7 Å². The van der Waals surface area contributed by atoms with Gasteiger partial charge in [-0.3, -0.25) is 29.8 Å². The zero-order chi connectivity index (χ0) is 16.7. The molecule has 9 nitrogen and oxygen atoms in total. The lowest BCUT2D eigenvalue weighted by atomic mass is 10.1. The molecule has 9 heteroatoms. The minimum Gasteiger partial charge on any atom is -0.268 e. The van der Waals surface area contributed by atoms with Crippen LogP contribution in [0.15, 0.2) is 42.5 Å². The Morgan fingerprint density at radius 1 is 0.870 bits per heavy atom. The molecule has 0 bridgehead atoms. The lowest BCUT2D eigenvalue weighted by Crippen LogP contribution is -2.29. The first kappa shape index (κ1) is 14.3. The number of fused-ring (bicyclic) bond motifs is 1. The van der Waals surface area contributed by atoms with Crippen molar-refractivity contribution in [2.45, 2.75) is 0 Å². The molecule has 0 aliphatic carbocycles. The summed E-state index contributed by atoms with van der Waals surface area (Å²) < 4.78 is 0. The van der Waals surface area contributed by atoms with Gasteiger partial charge in [-0.2, -0.15) is 0 Å². The highest BCUT2D eigenvalue weighted by Gasteiger charge is 2.42. The summed E-state index contributed by atoms with van der Waals surface area (Å²) in [6.07, 6.45) is 0. The predicted octanol–water partition coefficient (Wildman–Crippen LogP) is 2.30. The summed E-state index contributed by atoms with van der Waals surface area (Å²) in [5.74, 6) is -1.63. The first-order valence-corrected chi connectivity index (χ1v) is 6.32. The van der Waals surface area contributed by atoms with Crippen molar-refractivity contribution in [1.29, 1.82) is 0 Å². The van der Waals surface area contributed by atoms with Gasteiger partial charge in [-0.1, -0.05) is 12.1 Å². The summed E-state index contributed by atoms with van der Waals surface area (Å²) >= 11 is 0. The van der Waals surface area contributed by atoms with Crippen LogP contribution >= 0.6 is 0 Å². The monoisotopic (exact) mass is 313 g/mol. The van der Waals surface area contributed by atoms with E-state index < -0.39 is 27.3 Å². The van der Waals surface area contributed by atoms with E-state index in [2.05, 4.69) is 0 Å². The van der Waals surface area contributed by atoms with Crippen LogP contribution in [0.5, 0.6) is 0 Å². The van der Waals surface area contributed by atoms with Crippen LogP contribution in [0.3, 0.4) is 0 Å². The zero-order valence-corrected chi connectivity index (χ0v) is 11.3. The molecule has 0 radical (unpaired) electrons. The van der Waals surface area contributed by atoms with E-state index in [-0.39, 0.29) is 22.5 Å². The third kappa shape index (κ3) is 2.11. The number of carbonyl (C=O) groups is 2. The average molecular weight is 313 g/mol. The smallest absolute Gasteiger partial charge is 0.268 e. The van der Waals surface area contributed by atoms with Gasteiger partial charge in [0.2, 0.25) is 0 Å². The van der Waals surface area contributed by atoms with E-state index in [0.717, 1.165) is 12.1 Å². The molecule has 0 saturated carbocycles. The van der Waals surface area contributed by atoms with Gasteiger partial charge in [0.25, 0.3) is 23.2 Å². The Bertz CT molecular complexity index is 892. The summed E-state index contributed by atoms with van der Waals surface area (Å²) in [5, 5.41) is 21.9. The first-order chi connectivity index (χ1) is 10.9. The molecule has 0 saturated heterocycles. The fourth-order valence-corrected chi connectivity index (χ4v) is 2.40. The number of rotatable bonds is 3. The highest BCUT2D eigenvalue weighted by atomic mass is 16.6. The Morgan fingerprint density at radius 3 is 2.22 bits per heavy atom. The summed E-state index contributed by atoms with van der Waals surface area (Å²) in [5.41, 5.74) is -1.20. The van der Waals surface area contributed by atoms with Crippen LogP contribution in [0, 0.1) is 20.2 Å². The molecule has 114 valence electrons. The van der Waals surface area contributed by atoms with Crippen LogP contribution in [0.25, 0.3) is 0 Å². The Kier molecular flexibility index (Phi) is 3.10. The van der Waals surface area contributed by atoms with E-state index >= 15 is 0 Å². The highest BCUT2D eigenvalue weighted by molar-refractivity contribution is 6.35. The van der Waals surface area contributed by atoms with Crippen LogP contribution in [0.2, 0.25) is 0 Å². The molecule has 23 heavy (non-hydrogen) atoms. The van der Waals surface area contributed by atoms with E-state index in [1.54, 1.807) is 0 Å². The first-order valence-electron chi connectivity index (χ1n) is 6.32. The summed E-state index contributed by atoms with van der Waals surface area (Å²) in [4.78, 5) is 46.0. The fourth-order valence-electron chi connectivity index (χ4n) is 2.40. The molecule has 0 atom stereocenters. The molecule has 0 aromatic heterocycles. The molecule has 0 N–H and O–H groups in total. The van der Waals surface area contributed by atoms with Crippen molar-refractivity contribution in [3.63, 3.8) is 0 Å². The quantitative estimate of drug-likeness (QED) is 0.486. The second-order valence-corrected chi connectivity index (χ2v) is 4.68. The standard InChI is InChI=1S/C14H7N3O6/c18-13-10-5-2-6-11(17(22)23)12(10)14(19)15(13)8-3-1-4-9(7-8)16(20)21/h1-7H. The SMILES string of the molecule is O=C1c2cccc([N+](=O)[O-])c2C(=O)N1c1cccc([N+](=O)[O-])c1. The third-order valence-corrected chi connectivity index (χ3v) is 3.39. The Hall–Kier alpha value is -3.62. The normalized spacial score (nSPS) is 13.1. The zero-order valence-electron chi connectivity index (χ0n) is 11.3. The molecular formula is C14H7N3O6. The number of hydrogen-bond donors (Lipinski definition) is 0. The maximum atomic E-state index is 12.4. The lowest BCUT2D eigenvalue weighted by molar-refractivity contribution is -0.385. The van der Waals surface area contributed by atoms with Crippen molar-refractivity contribution >= 4 is 28.9 Å². The Labute approximate surface area is 128 Å². The van der Waals surface area contributed by atoms with Crippen LogP contribution < -0.4 is 4.90 Å². The number of amides is 2. The minimum absolute atomic E-state index is 0.0142. The Balaban J connectivity index is 2.14. The molecule has 0 spiro atoms. The molecule has 2 aromatic rings. The maximum absolute atomic E-state index is 12.4. The summed E-state index contributed by atoms with van der Waals surface area (Å²) in [6.45, 7) is 0. The number of imide groups is 1. The van der Waals surface area contributed by atoms with Gasteiger partial charge in [0.05, 0.1) is 21.1 Å². The van der Waals surface area contributed by atoms with E-state index in [1.807, 2.05) is 0 Å². The fraction of sp³-hybridized carbons (Fsp3) is 0. The van der Waals surface area contributed by atoms with E-state index in [0.29, 0.717) is 4.90 Å². The van der Waals surface area contributed by atoms with Gasteiger partial charge in [0.15, 0.2) is 0 Å². The molecule has 1 heterocycles. The molecule has 1 aliphatic rings. The second-order valence-electron chi connectivity index (χ2n) is 4.68. The van der Waals surface area contributed by atoms with E-state index in [4.69, 9.17) is 0 Å². The number of anilines is 1. The summed E-state index contributed by atoms with van der Waals surface area (Å²) in [6, 6.07) is 8.68. The van der Waals surface area contributed by atoms with Gasteiger partial charge in [0.1, 0.15) is 5.56 Å². The molecule has 0 fully saturated rings. The van der Waals surface area contributed by atoms with Crippen molar-refractivity contribution in [3.8, 4) is 0 Å². The van der Waals surface area contributed by atoms with Crippen LogP contribution in [-0.2, 0) is 0 Å². The maximum Gasteiger partial charge on any atom is 0.283 e. The summed E-state index contributed by atoms with van der Waals surface area (Å²) in [7, 11) is 0. The highest BCUT2D eigenvalue weighted by Crippen LogP contribution is 2.34. The average Bonchev–Trinajstić information content (AvgIpc) is 2.79. The number of hydrogen-bond acceptors (Lipinski definition) is 6. The number of carbonyl (C=O) groups excluding carboxylic acids is 2. The number of nitro benzene ring substituents is 2. The van der Waals surface area contributed by atoms with E-state index in [1.165, 1.54) is 30.3 Å². The molecular weight excluding hydrogens is 306 g/mol. The molecule has 2 amide bonds. The third-order valence-electron chi connectivity index (χ3n) is 3.39. The molecule has 0 unspecified atom stereocenters. The van der Waals surface area contributed by atoms with Gasteiger partial charge in [-0.05, 0) is 12.1 Å². The largest absolute Gasteiger partial charge is 0.283 e. The van der Waals surface area contributed by atoms with Gasteiger partial charge >= 0.3 is 0 Å². The van der Waals surface area contributed by atoms with Crippen LogP contribution in [0.4, 0.5) is 17.1 Å². The van der Waals surface area contributed by atoms with Crippen molar-refractivity contribution in [3.05, 3.63) is 73.8 Å². The van der Waals surface area contributed by atoms with E-state index in [9.17, 15) is 29.8 Å². The van der Waals surface area contributed by atoms with Crippen LogP contribution in [-0.4, -0.2) is 21.7 Å². The van der Waals surface area contributed by atoms with Crippen molar-refractivity contribution in [1.82, 2.24) is 0 Å². The minimum atomic E-state index is -0.877. The second kappa shape index (κ2) is 4.98. The van der Waals surface area contributed by atoms with Gasteiger partial charge < -0.3 is 0 Å². The van der Waals surface area contributed by atoms with Crippen molar-refractivity contribution in [2.75, 3.05) is 4.90 Å². The topological polar surface area (TPSA) is 124 Å². The lowest BCUT2D eigenvalue weighted by Gasteiger charge is -2.13. The predicted molar refractivity (Wildman–Crippen MR) is 77.3 cm³/mol. The van der Waals surface area contributed by atoms with Gasteiger partial charge in [-0.25, -0.2) is 4.90 Å². The van der Waals surface area contributed by atoms with Gasteiger partial charge in [-0.15, -0.1) is 0 Å².